The molecule has 1 heterocycles. The molecule has 1 N–H and O–H groups in total. The number of aryl methyl sites for hydroxylation is 2. The quantitative estimate of drug-likeness (QED) is 0.389. The first kappa shape index (κ1) is 21.8. The van der Waals surface area contributed by atoms with Crippen LogP contribution in [0.5, 0.6) is 0 Å². The lowest BCUT2D eigenvalue weighted by atomic mass is 10.1. The molecule has 162 valence electrons. The van der Waals surface area contributed by atoms with Crippen LogP contribution in [0.1, 0.15) is 22.5 Å². The van der Waals surface area contributed by atoms with E-state index in [1.54, 1.807) is 12.1 Å². The number of amides is 1. The summed E-state index contributed by atoms with van der Waals surface area (Å²) in [5, 5.41) is 12.3. The van der Waals surface area contributed by atoms with Crippen LogP contribution in [0.3, 0.4) is 0 Å². The van der Waals surface area contributed by atoms with Gasteiger partial charge in [-0.3, -0.25) is 9.36 Å². The van der Waals surface area contributed by atoms with E-state index in [1.165, 1.54) is 23.9 Å². The molecule has 7 heteroatoms. The molecule has 0 aliphatic carbocycles. The lowest BCUT2D eigenvalue weighted by Crippen LogP contribution is -2.16. The molecular formula is C25H23FN4OS. The lowest BCUT2D eigenvalue weighted by Gasteiger charge is -2.12. The van der Waals surface area contributed by atoms with E-state index in [-0.39, 0.29) is 17.5 Å². The predicted molar refractivity (Wildman–Crippen MR) is 126 cm³/mol. The van der Waals surface area contributed by atoms with Gasteiger partial charge >= 0.3 is 0 Å². The summed E-state index contributed by atoms with van der Waals surface area (Å²) >= 11 is 1.30. The number of thioether (sulfide) groups is 1. The zero-order valence-electron chi connectivity index (χ0n) is 17.9. The van der Waals surface area contributed by atoms with Crippen LogP contribution in [0.15, 0.2) is 78.0 Å². The van der Waals surface area contributed by atoms with Gasteiger partial charge < -0.3 is 5.32 Å². The Morgan fingerprint density at radius 1 is 0.938 bits per heavy atom. The Bertz CT molecular complexity index is 1200. The number of para-hydroxylation sites is 1. The molecule has 0 fully saturated rings. The van der Waals surface area contributed by atoms with Gasteiger partial charge in [-0.15, -0.1) is 10.2 Å². The Labute approximate surface area is 190 Å². The number of hydrogen-bond acceptors (Lipinski definition) is 4. The average molecular weight is 447 g/mol. The number of nitrogens with zero attached hydrogens (tertiary/aromatic N) is 3. The predicted octanol–water partition coefficient (Wildman–Crippen LogP) is 5.34. The highest BCUT2D eigenvalue weighted by molar-refractivity contribution is 7.99. The van der Waals surface area contributed by atoms with Gasteiger partial charge in [0.25, 0.3) is 0 Å². The molecule has 0 aliphatic heterocycles. The molecule has 32 heavy (non-hydrogen) atoms. The summed E-state index contributed by atoms with van der Waals surface area (Å²) in [5.41, 5.74) is 4.71. The Kier molecular flexibility index (Phi) is 6.66. The van der Waals surface area contributed by atoms with Crippen molar-refractivity contribution in [3.63, 3.8) is 0 Å². The second kappa shape index (κ2) is 9.78. The van der Waals surface area contributed by atoms with Crippen molar-refractivity contribution in [3.05, 3.63) is 101 Å². The van der Waals surface area contributed by atoms with Crippen LogP contribution < -0.4 is 5.32 Å². The van der Waals surface area contributed by atoms with Crippen molar-refractivity contribution in [3.8, 4) is 5.69 Å². The van der Waals surface area contributed by atoms with Crippen molar-refractivity contribution in [2.45, 2.75) is 25.4 Å². The van der Waals surface area contributed by atoms with Gasteiger partial charge in [0.15, 0.2) is 5.16 Å². The zero-order chi connectivity index (χ0) is 22.5. The van der Waals surface area contributed by atoms with Gasteiger partial charge in [-0.2, -0.15) is 0 Å². The van der Waals surface area contributed by atoms with Crippen LogP contribution in [-0.4, -0.2) is 26.4 Å². The van der Waals surface area contributed by atoms with E-state index >= 15 is 0 Å². The Morgan fingerprint density at radius 2 is 1.62 bits per heavy atom. The van der Waals surface area contributed by atoms with Gasteiger partial charge in [-0.25, -0.2) is 4.39 Å². The van der Waals surface area contributed by atoms with Crippen molar-refractivity contribution >= 4 is 23.4 Å². The normalized spacial score (nSPS) is 10.8. The van der Waals surface area contributed by atoms with E-state index in [9.17, 15) is 9.18 Å². The van der Waals surface area contributed by atoms with Crippen LogP contribution in [0, 0.1) is 19.7 Å². The highest BCUT2D eigenvalue weighted by Gasteiger charge is 2.17. The number of rotatable bonds is 7. The van der Waals surface area contributed by atoms with Gasteiger partial charge in [0.1, 0.15) is 11.6 Å². The molecule has 0 saturated carbocycles. The van der Waals surface area contributed by atoms with E-state index in [4.69, 9.17) is 0 Å². The van der Waals surface area contributed by atoms with Crippen molar-refractivity contribution < 1.29 is 9.18 Å². The maximum atomic E-state index is 13.5. The van der Waals surface area contributed by atoms with E-state index in [0.717, 1.165) is 33.9 Å². The summed E-state index contributed by atoms with van der Waals surface area (Å²) < 4.78 is 15.4. The summed E-state index contributed by atoms with van der Waals surface area (Å²) in [5.74, 6) is 0.470. The summed E-state index contributed by atoms with van der Waals surface area (Å²) in [6.07, 6.45) is 0.570. The molecule has 0 atom stereocenters. The minimum atomic E-state index is -0.311. The standard InChI is InChI=1S/C25H23FN4OS/c1-17-7-6-8-18(2)24(17)27-23(31)16-32-25-29-28-22(15-19-9-4-3-5-10-19)30(25)21-13-11-20(26)12-14-21/h3-14H,15-16H2,1-2H3,(H,27,31). The van der Waals surface area contributed by atoms with E-state index in [2.05, 4.69) is 15.5 Å². The SMILES string of the molecule is Cc1cccc(C)c1NC(=O)CSc1nnc(Cc2ccccc2)n1-c1ccc(F)cc1. The number of halogens is 1. The Hall–Kier alpha value is -3.45. The van der Waals surface area contributed by atoms with E-state index in [0.29, 0.717) is 11.6 Å². The molecule has 4 rings (SSSR count). The first-order valence-corrected chi connectivity index (χ1v) is 11.2. The fraction of sp³-hybridized carbons (Fsp3) is 0.160. The summed E-state index contributed by atoms with van der Waals surface area (Å²) in [6.45, 7) is 3.94. The molecule has 3 aromatic carbocycles. The highest BCUT2D eigenvalue weighted by Crippen LogP contribution is 2.25. The number of anilines is 1. The first-order chi connectivity index (χ1) is 15.5. The third-order valence-electron chi connectivity index (χ3n) is 5.07. The van der Waals surface area contributed by atoms with Crippen LogP contribution >= 0.6 is 11.8 Å². The Morgan fingerprint density at radius 3 is 2.31 bits per heavy atom. The zero-order valence-corrected chi connectivity index (χ0v) is 18.7. The van der Waals surface area contributed by atoms with Gasteiger partial charge in [0.2, 0.25) is 5.91 Å². The van der Waals surface area contributed by atoms with Crippen molar-refractivity contribution in [1.29, 1.82) is 0 Å². The average Bonchev–Trinajstić information content (AvgIpc) is 3.18. The van der Waals surface area contributed by atoms with Crippen molar-refractivity contribution in [2.24, 2.45) is 0 Å². The number of nitrogens with one attached hydrogen (secondary N) is 1. The molecule has 4 aromatic rings. The molecule has 1 amide bonds. The highest BCUT2D eigenvalue weighted by atomic mass is 32.2. The summed E-state index contributed by atoms with van der Waals surface area (Å²) in [6, 6.07) is 22.0. The summed E-state index contributed by atoms with van der Waals surface area (Å²) in [7, 11) is 0. The van der Waals surface area contributed by atoms with Crippen molar-refractivity contribution in [2.75, 3.05) is 11.1 Å². The van der Waals surface area contributed by atoms with E-state index in [1.807, 2.05) is 66.9 Å². The first-order valence-electron chi connectivity index (χ1n) is 10.2. The molecule has 0 aliphatic rings. The smallest absolute Gasteiger partial charge is 0.234 e. The number of carbonyl (C=O) groups is 1. The number of aromatic nitrogens is 3. The summed E-state index contributed by atoms with van der Waals surface area (Å²) in [4.78, 5) is 12.6. The topological polar surface area (TPSA) is 59.8 Å². The maximum absolute atomic E-state index is 13.5. The molecule has 0 unspecified atom stereocenters. The fourth-order valence-corrected chi connectivity index (χ4v) is 4.22. The lowest BCUT2D eigenvalue weighted by molar-refractivity contribution is -0.113. The third kappa shape index (κ3) is 5.06. The second-order valence-electron chi connectivity index (χ2n) is 7.48. The van der Waals surface area contributed by atoms with Gasteiger partial charge in [0, 0.05) is 17.8 Å². The molecule has 0 radical (unpaired) electrons. The largest absolute Gasteiger partial charge is 0.325 e. The van der Waals surface area contributed by atoms with Gasteiger partial charge in [-0.05, 0) is 54.8 Å². The maximum Gasteiger partial charge on any atom is 0.234 e. The molecular weight excluding hydrogens is 423 g/mol. The molecule has 0 bridgehead atoms. The third-order valence-corrected chi connectivity index (χ3v) is 6.00. The number of carbonyl (C=O) groups excluding carboxylic acids is 1. The van der Waals surface area contributed by atoms with Crippen LogP contribution in [0.2, 0.25) is 0 Å². The van der Waals surface area contributed by atoms with Crippen LogP contribution in [0.25, 0.3) is 5.69 Å². The van der Waals surface area contributed by atoms with Gasteiger partial charge in [0.05, 0.1) is 5.75 Å². The minimum absolute atomic E-state index is 0.120. The van der Waals surface area contributed by atoms with E-state index < -0.39 is 0 Å². The fourth-order valence-electron chi connectivity index (χ4n) is 3.45. The molecule has 0 saturated heterocycles. The van der Waals surface area contributed by atoms with Gasteiger partial charge in [-0.1, -0.05) is 60.3 Å². The molecule has 5 nitrogen and oxygen atoms in total. The van der Waals surface area contributed by atoms with Crippen molar-refractivity contribution in [1.82, 2.24) is 14.8 Å². The minimum Gasteiger partial charge on any atom is -0.325 e. The van der Waals surface area contributed by atoms with Crippen LogP contribution in [-0.2, 0) is 11.2 Å². The number of hydrogen-bond donors (Lipinski definition) is 1. The monoisotopic (exact) mass is 446 g/mol. The second-order valence-corrected chi connectivity index (χ2v) is 8.42. The van der Waals surface area contributed by atoms with Crippen LogP contribution in [0.4, 0.5) is 10.1 Å². The molecule has 1 aromatic heterocycles. The molecule has 0 spiro atoms. The number of benzene rings is 3. The Balaban J connectivity index is 1.56.